The van der Waals surface area contributed by atoms with E-state index in [1.807, 2.05) is 17.5 Å². The normalized spacial score (nSPS) is 10.4. The van der Waals surface area contributed by atoms with Gasteiger partial charge in [-0.2, -0.15) is 0 Å². The molecule has 2 N–H and O–H groups in total. The SMILES string of the molecule is O=C(CCCNCCO)c1cccs1. The van der Waals surface area contributed by atoms with Crippen molar-refractivity contribution < 1.29 is 9.90 Å². The van der Waals surface area contributed by atoms with Crippen molar-refractivity contribution in [2.24, 2.45) is 0 Å². The molecule has 1 aromatic rings. The third-order valence-electron chi connectivity index (χ3n) is 1.84. The van der Waals surface area contributed by atoms with Crippen LogP contribution >= 0.6 is 11.3 Å². The average Bonchev–Trinajstić information content (AvgIpc) is 2.70. The number of rotatable bonds is 7. The van der Waals surface area contributed by atoms with Crippen LogP contribution in [0.25, 0.3) is 0 Å². The van der Waals surface area contributed by atoms with Crippen molar-refractivity contribution in [1.82, 2.24) is 5.32 Å². The second-order valence-corrected chi connectivity index (χ2v) is 3.93. The van der Waals surface area contributed by atoms with Crippen LogP contribution in [0, 0.1) is 0 Å². The summed E-state index contributed by atoms with van der Waals surface area (Å²) in [7, 11) is 0. The Morgan fingerprint density at radius 1 is 1.50 bits per heavy atom. The molecule has 0 aliphatic carbocycles. The van der Waals surface area contributed by atoms with Crippen LogP contribution in [0.3, 0.4) is 0 Å². The predicted molar refractivity (Wildman–Crippen MR) is 57.8 cm³/mol. The molecule has 14 heavy (non-hydrogen) atoms. The number of aliphatic hydroxyl groups excluding tert-OH is 1. The second-order valence-electron chi connectivity index (χ2n) is 2.98. The molecule has 0 aromatic carbocycles. The highest BCUT2D eigenvalue weighted by atomic mass is 32.1. The summed E-state index contributed by atoms with van der Waals surface area (Å²) in [6, 6.07) is 3.75. The zero-order valence-electron chi connectivity index (χ0n) is 8.03. The molecule has 0 bridgehead atoms. The van der Waals surface area contributed by atoms with Crippen molar-refractivity contribution in [2.45, 2.75) is 12.8 Å². The van der Waals surface area contributed by atoms with Crippen LogP contribution in [0.5, 0.6) is 0 Å². The zero-order chi connectivity index (χ0) is 10.2. The van der Waals surface area contributed by atoms with Crippen molar-refractivity contribution in [3.05, 3.63) is 22.4 Å². The van der Waals surface area contributed by atoms with E-state index in [1.165, 1.54) is 11.3 Å². The van der Waals surface area contributed by atoms with Gasteiger partial charge in [0, 0.05) is 13.0 Å². The molecule has 0 amide bonds. The largest absolute Gasteiger partial charge is 0.395 e. The summed E-state index contributed by atoms with van der Waals surface area (Å²) in [5, 5.41) is 13.4. The first kappa shape index (κ1) is 11.4. The number of Topliss-reactive ketones (excluding diaryl/α,β-unsaturated/α-hetero) is 1. The molecule has 1 heterocycles. The van der Waals surface area contributed by atoms with Crippen LogP contribution in [0.2, 0.25) is 0 Å². The van der Waals surface area contributed by atoms with Crippen molar-refractivity contribution in [1.29, 1.82) is 0 Å². The number of aliphatic hydroxyl groups is 1. The molecular formula is C10H15NO2S. The fraction of sp³-hybridized carbons (Fsp3) is 0.500. The van der Waals surface area contributed by atoms with E-state index in [2.05, 4.69) is 5.32 Å². The van der Waals surface area contributed by atoms with Crippen LogP contribution in [-0.2, 0) is 0 Å². The molecular weight excluding hydrogens is 198 g/mol. The van der Waals surface area contributed by atoms with Crippen molar-refractivity contribution in [3.8, 4) is 0 Å². The van der Waals surface area contributed by atoms with Crippen molar-refractivity contribution >= 4 is 17.1 Å². The Hall–Kier alpha value is -0.710. The Morgan fingerprint density at radius 3 is 3.00 bits per heavy atom. The standard InChI is InChI=1S/C10H15NO2S/c12-7-6-11-5-1-3-9(13)10-4-2-8-14-10/h2,4,8,11-12H,1,3,5-7H2. The Kier molecular flexibility index (Phi) is 5.44. The van der Waals surface area contributed by atoms with Crippen LogP contribution in [-0.4, -0.2) is 30.6 Å². The van der Waals surface area contributed by atoms with E-state index in [0.29, 0.717) is 13.0 Å². The van der Waals surface area contributed by atoms with Gasteiger partial charge in [-0.25, -0.2) is 0 Å². The number of hydrogen-bond acceptors (Lipinski definition) is 4. The molecule has 0 atom stereocenters. The van der Waals surface area contributed by atoms with Gasteiger partial charge < -0.3 is 10.4 Å². The fourth-order valence-corrected chi connectivity index (χ4v) is 1.83. The van der Waals surface area contributed by atoms with Gasteiger partial charge >= 0.3 is 0 Å². The first-order valence-corrected chi connectivity index (χ1v) is 5.61. The maximum absolute atomic E-state index is 11.5. The van der Waals surface area contributed by atoms with Crippen molar-refractivity contribution in [2.75, 3.05) is 19.7 Å². The molecule has 78 valence electrons. The number of carbonyl (C=O) groups is 1. The van der Waals surface area contributed by atoms with Gasteiger partial charge in [-0.15, -0.1) is 11.3 Å². The van der Waals surface area contributed by atoms with E-state index in [4.69, 9.17) is 5.11 Å². The summed E-state index contributed by atoms with van der Waals surface area (Å²) in [6.45, 7) is 1.55. The molecule has 0 aliphatic heterocycles. The lowest BCUT2D eigenvalue weighted by Crippen LogP contribution is -2.19. The van der Waals surface area contributed by atoms with E-state index < -0.39 is 0 Å². The predicted octanol–water partition coefficient (Wildman–Crippen LogP) is 1.29. The monoisotopic (exact) mass is 213 g/mol. The summed E-state index contributed by atoms with van der Waals surface area (Å²) in [5.74, 6) is 0.214. The summed E-state index contributed by atoms with van der Waals surface area (Å²) >= 11 is 1.49. The van der Waals surface area contributed by atoms with Gasteiger partial charge in [0.25, 0.3) is 0 Å². The number of thiophene rings is 1. The molecule has 0 fully saturated rings. The molecule has 4 heteroatoms. The highest BCUT2D eigenvalue weighted by Gasteiger charge is 2.05. The third-order valence-corrected chi connectivity index (χ3v) is 2.75. The first-order valence-electron chi connectivity index (χ1n) is 4.73. The molecule has 0 unspecified atom stereocenters. The first-order chi connectivity index (χ1) is 6.84. The van der Waals surface area contributed by atoms with Crippen LogP contribution in [0.1, 0.15) is 22.5 Å². The smallest absolute Gasteiger partial charge is 0.172 e. The van der Waals surface area contributed by atoms with Crippen LogP contribution < -0.4 is 5.32 Å². The van der Waals surface area contributed by atoms with Gasteiger partial charge in [0.05, 0.1) is 11.5 Å². The van der Waals surface area contributed by atoms with E-state index in [0.717, 1.165) is 17.8 Å². The summed E-state index contributed by atoms with van der Waals surface area (Å²) in [4.78, 5) is 12.3. The van der Waals surface area contributed by atoms with Crippen LogP contribution in [0.15, 0.2) is 17.5 Å². The minimum atomic E-state index is 0.152. The summed E-state index contributed by atoms with van der Waals surface area (Å²) < 4.78 is 0. The molecule has 1 rings (SSSR count). The summed E-state index contributed by atoms with van der Waals surface area (Å²) in [5.41, 5.74) is 0. The maximum atomic E-state index is 11.5. The maximum Gasteiger partial charge on any atom is 0.172 e. The van der Waals surface area contributed by atoms with E-state index in [1.54, 1.807) is 0 Å². The Bertz CT molecular complexity index is 259. The van der Waals surface area contributed by atoms with Gasteiger partial charge in [-0.05, 0) is 24.4 Å². The van der Waals surface area contributed by atoms with Crippen molar-refractivity contribution in [3.63, 3.8) is 0 Å². The number of nitrogens with one attached hydrogen (secondary N) is 1. The highest BCUT2D eigenvalue weighted by molar-refractivity contribution is 7.12. The van der Waals surface area contributed by atoms with Crippen LogP contribution in [0.4, 0.5) is 0 Å². The zero-order valence-corrected chi connectivity index (χ0v) is 8.85. The molecule has 3 nitrogen and oxygen atoms in total. The van der Waals surface area contributed by atoms with Gasteiger partial charge in [0.15, 0.2) is 5.78 Å². The Labute approximate surface area is 87.8 Å². The third kappa shape index (κ3) is 4.00. The highest BCUT2D eigenvalue weighted by Crippen LogP contribution is 2.11. The average molecular weight is 213 g/mol. The lowest BCUT2D eigenvalue weighted by molar-refractivity contribution is 0.0984. The molecule has 0 spiro atoms. The lowest BCUT2D eigenvalue weighted by Gasteiger charge is -2.00. The second kappa shape index (κ2) is 6.70. The molecule has 0 saturated carbocycles. The molecule has 0 aliphatic rings. The van der Waals surface area contributed by atoms with Gasteiger partial charge in [-0.1, -0.05) is 6.07 Å². The van der Waals surface area contributed by atoms with E-state index in [9.17, 15) is 4.79 Å². The van der Waals surface area contributed by atoms with Gasteiger partial charge in [0.2, 0.25) is 0 Å². The number of hydrogen-bond donors (Lipinski definition) is 2. The fourth-order valence-electron chi connectivity index (χ4n) is 1.14. The number of ketones is 1. The van der Waals surface area contributed by atoms with Gasteiger partial charge in [0.1, 0.15) is 0 Å². The quantitative estimate of drug-likeness (QED) is 0.530. The topological polar surface area (TPSA) is 49.3 Å². The molecule has 1 aromatic heterocycles. The van der Waals surface area contributed by atoms with Gasteiger partial charge in [-0.3, -0.25) is 4.79 Å². The molecule has 0 radical (unpaired) electrons. The Morgan fingerprint density at radius 2 is 2.36 bits per heavy atom. The minimum Gasteiger partial charge on any atom is -0.395 e. The number of carbonyl (C=O) groups excluding carboxylic acids is 1. The Balaban J connectivity index is 2.10. The van der Waals surface area contributed by atoms with E-state index >= 15 is 0 Å². The lowest BCUT2D eigenvalue weighted by atomic mass is 10.2. The molecule has 0 saturated heterocycles. The van der Waals surface area contributed by atoms with E-state index in [-0.39, 0.29) is 12.4 Å². The minimum absolute atomic E-state index is 0.152. The summed E-state index contributed by atoms with van der Waals surface area (Å²) in [6.07, 6.45) is 1.41.